The van der Waals surface area contributed by atoms with Crippen molar-refractivity contribution in [1.29, 1.82) is 0 Å². The van der Waals surface area contributed by atoms with Crippen molar-refractivity contribution >= 4 is 11.7 Å². The second-order valence-corrected chi connectivity index (χ2v) is 10.3. The zero-order valence-electron chi connectivity index (χ0n) is 18.6. The lowest BCUT2D eigenvalue weighted by atomic mass is 9.45. The first-order valence-electron chi connectivity index (χ1n) is 11.1. The van der Waals surface area contributed by atoms with Gasteiger partial charge in [0.15, 0.2) is 5.78 Å². The van der Waals surface area contributed by atoms with Crippen LogP contribution < -0.4 is 11.1 Å². The largest absolute Gasteiger partial charge is 0.508 e. The Bertz CT molecular complexity index is 801. The Kier molecular flexibility index (Phi) is 6.19. The highest BCUT2D eigenvalue weighted by Crippen LogP contribution is 2.61. The lowest BCUT2D eigenvalue weighted by molar-refractivity contribution is -0.127. The van der Waals surface area contributed by atoms with Crippen LogP contribution in [0.25, 0.3) is 0 Å². The molecule has 1 aromatic carbocycles. The minimum Gasteiger partial charge on any atom is -0.508 e. The summed E-state index contributed by atoms with van der Waals surface area (Å²) >= 11 is 0. The maximum atomic E-state index is 13.8. The van der Waals surface area contributed by atoms with E-state index in [0.717, 1.165) is 25.7 Å². The fourth-order valence-electron chi connectivity index (χ4n) is 6.48. The summed E-state index contributed by atoms with van der Waals surface area (Å²) in [6.45, 7) is 9.10. The fourth-order valence-corrected chi connectivity index (χ4v) is 6.48. The number of Topliss-reactive ketones (excluding diaryl/α,β-unsaturated/α-hetero) is 1. The van der Waals surface area contributed by atoms with Crippen molar-refractivity contribution in [3.63, 3.8) is 0 Å². The van der Waals surface area contributed by atoms with Crippen molar-refractivity contribution in [3.8, 4) is 11.5 Å². The van der Waals surface area contributed by atoms with Crippen molar-refractivity contribution in [2.75, 3.05) is 6.54 Å². The Morgan fingerprint density at radius 2 is 1.77 bits per heavy atom. The number of fused-ring (bicyclic) bond motifs is 1. The summed E-state index contributed by atoms with van der Waals surface area (Å²) in [7, 11) is 0. The summed E-state index contributed by atoms with van der Waals surface area (Å²) in [5, 5.41) is 23.0. The van der Waals surface area contributed by atoms with Crippen LogP contribution in [0.5, 0.6) is 11.5 Å². The Morgan fingerprint density at radius 1 is 1.13 bits per heavy atom. The van der Waals surface area contributed by atoms with Crippen LogP contribution in [0.2, 0.25) is 0 Å². The molecule has 5 atom stereocenters. The van der Waals surface area contributed by atoms with Gasteiger partial charge in [-0.1, -0.05) is 34.1 Å². The summed E-state index contributed by atoms with van der Waals surface area (Å²) in [5.74, 6) is -0.512. The molecule has 1 amide bonds. The predicted octanol–water partition coefficient (Wildman–Crippen LogP) is 3.60. The topological polar surface area (TPSA) is 113 Å². The Balaban J connectivity index is 2.03. The van der Waals surface area contributed by atoms with E-state index in [1.807, 2.05) is 6.92 Å². The number of phenolic OH excluding ortho intramolecular Hbond substituents is 2. The van der Waals surface area contributed by atoms with Crippen LogP contribution in [-0.2, 0) is 4.79 Å². The summed E-state index contributed by atoms with van der Waals surface area (Å²) in [4.78, 5) is 26.1. The van der Waals surface area contributed by atoms with Gasteiger partial charge in [-0.15, -0.1) is 0 Å². The SMILES string of the molecule is C[C@@H]1[C@H](NC(=O)CCN)C[C@H]2C(C)(C)CCC[C@]2(C)[C@H]1C(=O)c1cc(O)cc(O)c1. The van der Waals surface area contributed by atoms with Crippen molar-refractivity contribution in [2.24, 2.45) is 34.3 Å². The zero-order valence-corrected chi connectivity index (χ0v) is 18.6. The minimum atomic E-state index is -0.319. The fraction of sp³-hybridized carbons (Fsp3) is 0.667. The smallest absolute Gasteiger partial charge is 0.221 e. The molecular formula is C24H36N2O4. The molecule has 2 fully saturated rings. The number of nitrogens with two attached hydrogens (primary N) is 1. The Morgan fingerprint density at radius 3 is 2.37 bits per heavy atom. The van der Waals surface area contributed by atoms with E-state index >= 15 is 0 Å². The Labute approximate surface area is 179 Å². The lowest BCUT2D eigenvalue weighted by Crippen LogP contribution is -2.60. The highest BCUT2D eigenvalue weighted by atomic mass is 16.3. The monoisotopic (exact) mass is 416 g/mol. The molecule has 166 valence electrons. The molecule has 0 saturated heterocycles. The number of hydrogen-bond donors (Lipinski definition) is 4. The third-order valence-electron chi connectivity index (χ3n) is 7.82. The molecule has 0 unspecified atom stereocenters. The first-order chi connectivity index (χ1) is 14.0. The molecule has 3 rings (SSSR count). The van der Waals surface area contributed by atoms with E-state index in [1.54, 1.807) is 0 Å². The average molecular weight is 417 g/mol. The number of aromatic hydroxyl groups is 2. The second kappa shape index (κ2) is 8.22. The van der Waals surface area contributed by atoms with Crippen molar-refractivity contribution in [1.82, 2.24) is 5.32 Å². The molecule has 2 saturated carbocycles. The molecule has 5 N–H and O–H groups in total. The van der Waals surface area contributed by atoms with E-state index < -0.39 is 0 Å². The molecule has 0 spiro atoms. The number of amides is 1. The molecule has 6 nitrogen and oxygen atoms in total. The van der Waals surface area contributed by atoms with Crippen LogP contribution in [0.1, 0.15) is 70.2 Å². The van der Waals surface area contributed by atoms with E-state index in [0.29, 0.717) is 12.1 Å². The van der Waals surface area contributed by atoms with Crippen LogP contribution in [0.4, 0.5) is 0 Å². The second-order valence-electron chi connectivity index (χ2n) is 10.3. The van der Waals surface area contributed by atoms with Crippen LogP contribution in [0, 0.1) is 28.6 Å². The number of rotatable bonds is 5. The van der Waals surface area contributed by atoms with Crippen molar-refractivity contribution in [3.05, 3.63) is 23.8 Å². The van der Waals surface area contributed by atoms with Gasteiger partial charge >= 0.3 is 0 Å². The van der Waals surface area contributed by atoms with Gasteiger partial charge in [0, 0.05) is 36.6 Å². The van der Waals surface area contributed by atoms with Crippen LogP contribution in [0.15, 0.2) is 18.2 Å². The predicted molar refractivity (Wildman–Crippen MR) is 116 cm³/mol. The van der Waals surface area contributed by atoms with Gasteiger partial charge in [0.2, 0.25) is 5.91 Å². The molecule has 0 heterocycles. The molecule has 6 heteroatoms. The third-order valence-corrected chi connectivity index (χ3v) is 7.82. The lowest BCUT2D eigenvalue weighted by Gasteiger charge is -2.60. The number of ketones is 1. The van der Waals surface area contributed by atoms with Gasteiger partial charge in [-0.3, -0.25) is 9.59 Å². The van der Waals surface area contributed by atoms with Gasteiger partial charge in [-0.2, -0.15) is 0 Å². The number of phenols is 2. The highest BCUT2D eigenvalue weighted by molar-refractivity contribution is 5.99. The first-order valence-corrected chi connectivity index (χ1v) is 11.1. The van der Waals surface area contributed by atoms with Gasteiger partial charge in [-0.25, -0.2) is 0 Å². The average Bonchev–Trinajstić information content (AvgIpc) is 2.62. The van der Waals surface area contributed by atoms with Gasteiger partial charge in [0.05, 0.1) is 0 Å². The summed E-state index contributed by atoms with van der Waals surface area (Å²) < 4.78 is 0. The number of carbonyl (C=O) groups is 2. The standard InChI is InChI=1S/C24H36N2O4/c1-14-18(26-20(29)6-9-25)13-19-23(2,3)7-5-8-24(19,4)21(14)22(30)15-10-16(27)12-17(28)11-15/h10-12,14,18-19,21,27-28H,5-9,13,25H2,1-4H3,(H,26,29)/t14-,18-,19+,21-,24+/m1/s1. The minimum absolute atomic E-state index is 0.0590. The van der Waals surface area contributed by atoms with Crippen LogP contribution in [-0.4, -0.2) is 34.5 Å². The van der Waals surface area contributed by atoms with Gasteiger partial charge in [0.25, 0.3) is 0 Å². The van der Waals surface area contributed by atoms with Gasteiger partial charge in [0.1, 0.15) is 11.5 Å². The van der Waals surface area contributed by atoms with E-state index in [2.05, 4.69) is 26.1 Å². The molecule has 2 aliphatic carbocycles. The van der Waals surface area contributed by atoms with Gasteiger partial charge < -0.3 is 21.3 Å². The number of nitrogens with one attached hydrogen (secondary N) is 1. The van der Waals surface area contributed by atoms with Gasteiger partial charge in [-0.05, 0) is 54.1 Å². The first kappa shape index (κ1) is 22.6. The molecule has 0 radical (unpaired) electrons. The molecule has 2 aliphatic rings. The van der Waals surface area contributed by atoms with Crippen molar-refractivity contribution < 1.29 is 19.8 Å². The summed E-state index contributed by atoms with van der Waals surface area (Å²) in [6, 6.07) is 3.97. The van der Waals surface area contributed by atoms with E-state index in [4.69, 9.17) is 5.73 Å². The highest BCUT2D eigenvalue weighted by Gasteiger charge is 2.58. The number of benzene rings is 1. The molecule has 0 bridgehead atoms. The maximum absolute atomic E-state index is 13.8. The normalized spacial score (nSPS) is 32.8. The summed E-state index contributed by atoms with van der Waals surface area (Å²) in [5.41, 5.74) is 5.72. The van der Waals surface area contributed by atoms with Crippen LogP contribution >= 0.6 is 0 Å². The van der Waals surface area contributed by atoms with Crippen molar-refractivity contribution in [2.45, 2.75) is 65.8 Å². The molecule has 0 aliphatic heterocycles. The van der Waals surface area contributed by atoms with E-state index in [-0.39, 0.29) is 64.2 Å². The van der Waals surface area contributed by atoms with E-state index in [1.165, 1.54) is 18.2 Å². The molecular weight excluding hydrogens is 380 g/mol. The molecule has 1 aromatic rings. The quantitative estimate of drug-likeness (QED) is 0.548. The maximum Gasteiger partial charge on any atom is 0.221 e. The zero-order chi connectivity index (χ0) is 22.3. The number of carbonyl (C=O) groups excluding carboxylic acids is 2. The number of hydrogen-bond acceptors (Lipinski definition) is 5. The summed E-state index contributed by atoms with van der Waals surface area (Å²) in [6.07, 6.45) is 4.23. The third kappa shape index (κ3) is 4.07. The van der Waals surface area contributed by atoms with E-state index in [9.17, 15) is 19.8 Å². The van der Waals surface area contributed by atoms with Crippen LogP contribution in [0.3, 0.4) is 0 Å². The molecule has 0 aromatic heterocycles. The molecule has 30 heavy (non-hydrogen) atoms. The Hall–Kier alpha value is -2.08.